The van der Waals surface area contributed by atoms with Crippen LogP contribution in [0.1, 0.15) is 4.88 Å². The summed E-state index contributed by atoms with van der Waals surface area (Å²) in [6, 6.07) is 8.40. The second-order valence-corrected chi connectivity index (χ2v) is 5.53. The van der Waals surface area contributed by atoms with E-state index in [1.54, 1.807) is 24.3 Å². The minimum absolute atomic E-state index is 0.0898. The molecule has 0 atom stereocenters. The monoisotopic (exact) mass is 287 g/mol. The van der Waals surface area contributed by atoms with Crippen LogP contribution in [0.2, 0.25) is 0 Å². The average molecular weight is 287 g/mol. The highest BCUT2D eigenvalue weighted by Gasteiger charge is 2.09. The van der Waals surface area contributed by atoms with Crippen LogP contribution in [-0.2, 0) is 6.54 Å². The van der Waals surface area contributed by atoms with Gasteiger partial charge in [0.05, 0.1) is 11.2 Å². The molecule has 0 amide bonds. The van der Waals surface area contributed by atoms with Crippen LogP contribution in [0.25, 0.3) is 15.9 Å². The maximum atomic E-state index is 12.5. The van der Waals surface area contributed by atoms with E-state index < -0.39 is 0 Å². The van der Waals surface area contributed by atoms with E-state index in [4.69, 9.17) is 0 Å². The van der Waals surface area contributed by atoms with Gasteiger partial charge in [0.2, 0.25) is 0 Å². The lowest BCUT2D eigenvalue weighted by Crippen LogP contribution is -2.17. The second-order valence-electron chi connectivity index (χ2n) is 4.39. The van der Waals surface area contributed by atoms with Crippen LogP contribution in [0.4, 0.5) is 0 Å². The summed E-state index contributed by atoms with van der Waals surface area (Å²) in [5, 5.41) is 12.4. The molecule has 102 valence electrons. The quantitative estimate of drug-likeness (QED) is 0.772. The van der Waals surface area contributed by atoms with Crippen LogP contribution in [-0.4, -0.2) is 21.7 Å². The Morgan fingerprint density at radius 1 is 1.35 bits per heavy atom. The number of hydrogen-bond donors (Lipinski definition) is 2. The third kappa shape index (κ3) is 2.19. The zero-order chi connectivity index (χ0) is 14.1. The van der Waals surface area contributed by atoms with Crippen LogP contribution < -0.4 is 10.9 Å². The van der Waals surface area contributed by atoms with Gasteiger partial charge in [0, 0.05) is 11.4 Å². The van der Waals surface area contributed by atoms with Gasteiger partial charge >= 0.3 is 0 Å². The molecule has 0 radical (unpaired) electrons. The topological polar surface area (TPSA) is 67.2 Å². The van der Waals surface area contributed by atoms with Gasteiger partial charge in [0.25, 0.3) is 5.56 Å². The Hall–Kier alpha value is -2.18. The van der Waals surface area contributed by atoms with Gasteiger partial charge < -0.3 is 10.4 Å². The van der Waals surface area contributed by atoms with Crippen LogP contribution in [0.3, 0.4) is 0 Å². The number of benzene rings is 1. The first kappa shape index (κ1) is 12.8. The van der Waals surface area contributed by atoms with Crippen molar-refractivity contribution in [2.75, 3.05) is 7.05 Å². The van der Waals surface area contributed by atoms with Crippen molar-refractivity contribution in [1.29, 1.82) is 0 Å². The van der Waals surface area contributed by atoms with Gasteiger partial charge in [-0.15, -0.1) is 11.3 Å². The molecule has 0 unspecified atom stereocenters. The van der Waals surface area contributed by atoms with Crippen LogP contribution in [0.15, 0.2) is 41.5 Å². The van der Waals surface area contributed by atoms with Gasteiger partial charge in [-0.1, -0.05) is 0 Å². The first-order valence-corrected chi connectivity index (χ1v) is 6.95. The summed E-state index contributed by atoms with van der Waals surface area (Å²) in [7, 11) is 1.87. The number of hydrogen-bond acceptors (Lipinski definition) is 5. The zero-order valence-electron chi connectivity index (χ0n) is 10.8. The normalized spacial score (nSPS) is 11.1. The van der Waals surface area contributed by atoms with Gasteiger partial charge in [-0.05, 0) is 37.4 Å². The van der Waals surface area contributed by atoms with Crippen LogP contribution >= 0.6 is 11.3 Å². The van der Waals surface area contributed by atoms with Crippen molar-refractivity contribution >= 4 is 21.6 Å². The highest BCUT2D eigenvalue weighted by Crippen LogP contribution is 2.21. The van der Waals surface area contributed by atoms with Gasteiger partial charge in [0.15, 0.2) is 0 Å². The van der Waals surface area contributed by atoms with E-state index in [2.05, 4.69) is 10.3 Å². The Bertz CT molecular complexity index is 805. The summed E-state index contributed by atoms with van der Waals surface area (Å²) in [6.45, 7) is 0.722. The van der Waals surface area contributed by atoms with Crippen molar-refractivity contribution in [3.05, 3.63) is 51.9 Å². The molecule has 0 aliphatic rings. The smallest absolute Gasteiger partial charge is 0.275 e. The predicted molar refractivity (Wildman–Crippen MR) is 79.6 cm³/mol. The molecule has 0 spiro atoms. The minimum atomic E-state index is -0.0898. The molecule has 0 fully saturated rings. The molecule has 1 aromatic carbocycles. The molecule has 20 heavy (non-hydrogen) atoms. The number of phenolic OH excluding ortho intramolecular Hbond substituents is 1. The Kier molecular flexibility index (Phi) is 3.25. The summed E-state index contributed by atoms with van der Waals surface area (Å²) >= 11 is 1.45. The van der Waals surface area contributed by atoms with Crippen molar-refractivity contribution in [2.45, 2.75) is 6.54 Å². The number of phenols is 1. The van der Waals surface area contributed by atoms with Crippen molar-refractivity contribution in [1.82, 2.24) is 14.9 Å². The molecule has 2 N–H and O–H groups in total. The Morgan fingerprint density at radius 2 is 2.10 bits per heavy atom. The van der Waals surface area contributed by atoms with Crippen LogP contribution in [0, 0.1) is 0 Å². The van der Waals surface area contributed by atoms with E-state index in [9.17, 15) is 9.90 Å². The Morgan fingerprint density at radius 3 is 2.80 bits per heavy atom. The summed E-state index contributed by atoms with van der Waals surface area (Å²) in [5.74, 6) is 0.170. The standard InChI is InChI=1S/C14H13N3O2S/c1-15-7-11-6-12-13(20-11)14(19)17(8-16-12)9-2-4-10(18)5-3-9/h2-6,8,15,18H,7H2,1H3. The Balaban J connectivity index is 2.15. The number of nitrogens with zero attached hydrogens (tertiary/aromatic N) is 2. The molecule has 0 aliphatic carbocycles. The summed E-state index contributed by atoms with van der Waals surface area (Å²) < 4.78 is 2.13. The maximum absolute atomic E-state index is 12.5. The molecule has 2 aromatic heterocycles. The fourth-order valence-corrected chi connectivity index (χ4v) is 3.07. The first-order chi connectivity index (χ1) is 9.69. The molecule has 5 nitrogen and oxygen atoms in total. The molecule has 6 heteroatoms. The fraction of sp³-hybridized carbons (Fsp3) is 0.143. The lowest BCUT2D eigenvalue weighted by molar-refractivity contribution is 0.475. The molecule has 2 heterocycles. The summed E-state index contributed by atoms with van der Waals surface area (Å²) in [5.41, 5.74) is 1.32. The number of nitrogens with one attached hydrogen (secondary N) is 1. The predicted octanol–water partition coefficient (Wildman–Crippen LogP) is 1.87. The summed E-state index contributed by atoms with van der Waals surface area (Å²) in [4.78, 5) is 17.9. The maximum Gasteiger partial charge on any atom is 0.275 e. The first-order valence-electron chi connectivity index (χ1n) is 6.13. The highest BCUT2D eigenvalue weighted by molar-refractivity contribution is 7.18. The van der Waals surface area contributed by atoms with Crippen molar-refractivity contribution in [3.63, 3.8) is 0 Å². The molecule has 3 aromatic rings. The van der Waals surface area contributed by atoms with E-state index in [0.717, 1.165) is 16.9 Å². The number of aromatic hydroxyl groups is 1. The lowest BCUT2D eigenvalue weighted by Gasteiger charge is -2.04. The number of rotatable bonds is 3. The molecule has 3 rings (SSSR count). The van der Waals surface area contributed by atoms with Crippen LogP contribution in [0.5, 0.6) is 5.75 Å². The fourth-order valence-electron chi connectivity index (χ4n) is 2.02. The molecule has 0 saturated heterocycles. The van der Waals surface area contributed by atoms with E-state index in [-0.39, 0.29) is 11.3 Å². The van der Waals surface area contributed by atoms with E-state index in [1.807, 2.05) is 13.1 Å². The molecular formula is C14H13N3O2S. The number of aromatic nitrogens is 2. The van der Waals surface area contributed by atoms with Crippen molar-refractivity contribution in [3.8, 4) is 11.4 Å². The second kappa shape index (κ2) is 5.07. The van der Waals surface area contributed by atoms with Gasteiger partial charge in [-0.3, -0.25) is 9.36 Å². The number of thiophene rings is 1. The van der Waals surface area contributed by atoms with Gasteiger partial charge in [-0.2, -0.15) is 0 Å². The van der Waals surface area contributed by atoms with Gasteiger partial charge in [0.1, 0.15) is 16.8 Å². The number of fused-ring (bicyclic) bond motifs is 1. The van der Waals surface area contributed by atoms with Crippen molar-refractivity contribution < 1.29 is 5.11 Å². The molecule has 0 bridgehead atoms. The zero-order valence-corrected chi connectivity index (χ0v) is 11.6. The van der Waals surface area contributed by atoms with E-state index >= 15 is 0 Å². The van der Waals surface area contributed by atoms with E-state index in [1.165, 1.54) is 22.2 Å². The lowest BCUT2D eigenvalue weighted by atomic mass is 10.3. The summed E-state index contributed by atoms with van der Waals surface area (Å²) in [6.07, 6.45) is 1.52. The third-order valence-corrected chi connectivity index (χ3v) is 4.08. The highest BCUT2D eigenvalue weighted by atomic mass is 32.1. The SMILES string of the molecule is CNCc1cc2ncn(-c3ccc(O)cc3)c(=O)c2s1. The average Bonchev–Trinajstić information content (AvgIpc) is 2.85. The van der Waals surface area contributed by atoms with E-state index in [0.29, 0.717) is 10.4 Å². The minimum Gasteiger partial charge on any atom is -0.508 e. The Labute approximate surface area is 119 Å². The third-order valence-electron chi connectivity index (χ3n) is 2.97. The largest absolute Gasteiger partial charge is 0.508 e. The molecule has 0 saturated carbocycles. The molecular weight excluding hydrogens is 274 g/mol. The van der Waals surface area contributed by atoms with Gasteiger partial charge in [-0.25, -0.2) is 4.98 Å². The molecule has 0 aliphatic heterocycles. The van der Waals surface area contributed by atoms with Crippen molar-refractivity contribution in [2.24, 2.45) is 0 Å².